The summed E-state index contributed by atoms with van der Waals surface area (Å²) in [4.78, 5) is 39.6. The fourth-order valence-corrected chi connectivity index (χ4v) is 3.78. The molecule has 0 bridgehead atoms. The van der Waals surface area contributed by atoms with Crippen LogP contribution in [-0.2, 0) is 10.3 Å². The van der Waals surface area contributed by atoms with Gasteiger partial charge in [-0.2, -0.15) is 0 Å². The maximum Gasteiger partial charge on any atom is 0.325 e. The van der Waals surface area contributed by atoms with E-state index in [9.17, 15) is 14.4 Å². The van der Waals surface area contributed by atoms with Crippen LogP contribution in [0.4, 0.5) is 4.79 Å². The Morgan fingerprint density at radius 2 is 1.96 bits per heavy atom. The van der Waals surface area contributed by atoms with Crippen LogP contribution in [0.1, 0.15) is 33.5 Å². The van der Waals surface area contributed by atoms with E-state index in [-0.39, 0.29) is 12.3 Å². The number of para-hydroxylation sites is 1. The second kappa shape index (κ2) is 6.23. The second-order valence-electron chi connectivity index (χ2n) is 7.06. The Kier molecular flexibility index (Phi) is 3.98. The normalized spacial score (nSPS) is 21.0. The highest BCUT2D eigenvalue weighted by Crippen LogP contribution is 2.40. The summed E-state index contributed by atoms with van der Waals surface area (Å²) in [6.45, 7) is 3.79. The van der Waals surface area contributed by atoms with Crippen LogP contribution < -0.4 is 10.1 Å². The molecule has 2 heterocycles. The summed E-state index contributed by atoms with van der Waals surface area (Å²) >= 11 is 0. The van der Waals surface area contributed by atoms with E-state index in [1.165, 1.54) is 0 Å². The number of imide groups is 1. The molecule has 0 aliphatic carbocycles. The summed E-state index contributed by atoms with van der Waals surface area (Å²) in [5, 5.41) is 2.81. The highest BCUT2D eigenvalue weighted by Gasteiger charge is 2.55. The fourth-order valence-electron chi connectivity index (χ4n) is 3.78. The zero-order valence-corrected chi connectivity index (χ0v) is 15.2. The summed E-state index contributed by atoms with van der Waals surface area (Å²) in [5.41, 5.74) is 1.79. The first-order valence-electron chi connectivity index (χ1n) is 8.89. The van der Waals surface area contributed by atoms with Gasteiger partial charge in [0.2, 0.25) is 0 Å². The molecule has 1 atom stereocenters. The van der Waals surface area contributed by atoms with Gasteiger partial charge in [-0.1, -0.05) is 35.9 Å². The molecule has 2 aromatic carbocycles. The third-order valence-corrected chi connectivity index (χ3v) is 5.25. The number of fused-ring (bicyclic) bond motifs is 2. The summed E-state index contributed by atoms with van der Waals surface area (Å²) < 4.78 is 5.62. The second-order valence-corrected chi connectivity index (χ2v) is 7.06. The SMILES string of the molecule is Cc1ccc(C)c(C(=O)CN2C(=O)N[C@]3(CCOc4ccccc43)C2=O)c1. The zero-order chi connectivity index (χ0) is 19.2. The molecule has 27 heavy (non-hydrogen) atoms. The highest BCUT2D eigenvalue weighted by molar-refractivity contribution is 6.12. The maximum absolute atomic E-state index is 13.2. The van der Waals surface area contributed by atoms with Gasteiger partial charge in [-0.25, -0.2) is 4.79 Å². The van der Waals surface area contributed by atoms with Crippen LogP contribution in [0, 0.1) is 13.8 Å². The van der Waals surface area contributed by atoms with Crippen molar-refractivity contribution in [1.82, 2.24) is 10.2 Å². The Bertz CT molecular complexity index is 968. The quantitative estimate of drug-likeness (QED) is 0.671. The number of amides is 3. The van der Waals surface area contributed by atoms with E-state index in [2.05, 4.69) is 5.32 Å². The average Bonchev–Trinajstić information content (AvgIpc) is 2.89. The molecule has 1 fully saturated rings. The minimum absolute atomic E-state index is 0.253. The van der Waals surface area contributed by atoms with Gasteiger partial charge in [-0.3, -0.25) is 14.5 Å². The lowest BCUT2D eigenvalue weighted by atomic mass is 9.84. The van der Waals surface area contributed by atoms with Gasteiger partial charge in [0.25, 0.3) is 5.91 Å². The Labute approximate surface area is 157 Å². The van der Waals surface area contributed by atoms with Crippen LogP contribution in [0.2, 0.25) is 0 Å². The van der Waals surface area contributed by atoms with Crippen LogP contribution in [-0.4, -0.2) is 35.8 Å². The van der Waals surface area contributed by atoms with Gasteiger partial charge < -0.3 is 10.1 Å². The summed E-state index contributed by atoms with van der Waals surface area (Å²) in [6.07, 6.45) is 0.336. The van der Waals surface area contributed by atoms with E-state index in [0.29, 0.717) is 29.9 Å². The molecule has 6 nitrogen and oxygen atoms in total. The fraction of sp³-hybridized carbons (Fsp3) is 0.286. The van der Waals surface area contributed by atoms with Gasteiger partial charge in [0, 0.05) is 17.5 Å². The zero-order valence-electron chi connectivity index (χ0n) is 15.2. The number of aryl methyl sites for hydroxylation is 2. The van der Waals surface area contributed by atoms with Crippen molar-refractivity contribution < 1.29 is 19.1 Å². The molecule has 0 unspecified atom stereocenters. The van der Waals surface area contributed by atoms with E-state index in [4.69, 9.17) is 4.74 Å². The molecule has 2 aliphatic rings. The maximum atomic E-state index is 13.2. The number of nitrogens with one attached hydrogen (secondary N) is 1. The number of rotatable bonds is 3. The van der Waals surface area contributed by atoms with Gasteiger partial charge >= 0.3 is 6.03 Å². The summed E-state index contributed by atoms with van der Waals surface area (Å²) in [5.74, 6) is -0.0703. The van der Waals surface area contributed by atoms with Gasteiger partial charge in [-0.05, 0) is 31.5 Å². The largest absolute Gasteiger partial charge is 0.493 e. The number of urea groups is 1. The topological polar surface area (TPSA) is 75.7 Å². The number of nitrogens with zero attached hydrogens (tertiary/aromatic N) is 1. The molecule has 2 aliphatic heterocycles. The Hall–Kier alpha value is -3.15. The molecule has 0 radical (unpaired) electrons. The van der Waals surface area contributed by atoms with Gasteiger partial charge in [0.15, 0.2) is 11.3 Å². The van der Waals surface area contributed by atoms with E-state index in [1.54, 1.807) is 24.3 Å². The molecule has 2 aromatic rings. The minimum atomic E-state index is -1.16. The Morgan fingerprint density at radius 3 is 2.78 bits per heavy atom. The lowest BCUT2D eigenvalue weighted by Gasteiger charge is -2.33. The van der Waals surface area contributed by atoms with Crippen LogP contribution in [0.3, 0.4) is 0 Å². The summed E-state index contributed by atoms with van der Waals surface area (Å²) in [6, 6.07) is 12.2. The van der Waals surface area contributed by atoms with Crippen molar-refractivity contribution in [3.05, 3.63) is 64.7 Å². The van der Waals surface area contributed by atoms with Crippen molar-refractivity contribution in [3.63, 3.8) is 0 Å². The van der Waals surface area contributed by atoms with Gasteiger partial charge in [0.1, 0.15) is 5.75 Å². The molecule has 4 rings (SSSR count). The molecule has 0 aromatic heterocycles. The van der Waals surface area contributed by atoms with Gasteiger partial charge in [0.05, 0.1) is 13.2 Å². The van der Waals surface area contributed by atoms with Crippen molar-refractivity contribution in [2.75, 3.05) is 13.2 Å². The average molecular weight is 364 g/mol. The molecule has 6 heteroatoms. The highest BCUT2D eigenvalue weighted by atomic mass is 16.5. The number of hydrogen-bond acceptors (Lipinski definition) is 4. The monoisotopic (exact) mass is 364 g/mol. The van der Waals surface area contributed by atoms with E-state index >= 15 is 0 Å². The first kappa shape index (κ1) is 17.3. The standard InChI is InChI=1S/C21H20N2O4/c1-13-7-8-14(2)15(11-13)17(24)12-23-19(25)21(22-20(23)26)9-10-27-18-6-4-3-5-16(18)21/h3-8,11H,9-10,12H2,1-2H3,(H,22,26)/t21-/m0/s1. The van der Waals surface area contributed by atoms with Crippen LogP contribution in [0.15, 0.2) is 42.5 Å². The smallest absolute Gasteiger partial charge is 0.325 e. The summed E-state index contributed by atoms with van der Waals surface area (Å²) in [7, 11) is 0. The van der Waals surface area contributed by atoms with E-state index in [0.717, 1.165) is 16.0 Å². The Balaban J connectivity index is 1.65. The predicted octanol–water partition coefficient (Wildman–Crippen LogP) is 2.72. The van der Waals surface area contributed by atoms with E-state index < -0.39 is 17.5 Å². The third-order valence-electron chi connectivity index (χ3n) is 5.25. The Morgan fingerprint density at radius 1 is 1.19 bits per heavy atom. The molecule has 3 amide bonds. The van der Waals surface area contributed by atoms with Crippen LogP contribution in [0.25, 0.3) is 0 Å². The molecular weight excluding hydrogens is 344 g/mol. The van der Waals surface area contributed by atoms with Gasteiger partial charge in [-0.15, -0.1) is 0 Å². The van der Waals surface area contributed by atoms with Crippen molar-refractivity contribution >= 4 is 17.7 Å². The molecule has 0 saturated carbocycles. The van der Waals surface area contributed by atoms with Crippen molar-refractivity contribution in [2.24, 2.45) is 0 Å². The van der Waals surface area contributed by atoms with E-state index in [1.807, 2.05) is 32.0 Å². The molecule has 138 valence electrons. The number of hydrogen-bond donors (Lipinski definition) is 1. The number of ether oxygens (including phenoxy) is 1. The molecular formula is C21H20N2O4. The van der Waals surface area contributed by atoms with Crippen LogP contribution in [0.5, 0.6) is 5.75 Å². The lowest BCUT2D eigenvalue weighted by molar-refractivity contribution is -0.132. The number of ketones is 1. The minimum Gasteiger partial charge on any atom is -0.493 e. The van der Waals surface area contributed by atoms with Crippen molar-refractivity contribution in [3.8, 4) is 5.75 Å². The number of carbonyl (C=O) groups excluding carboxylic acids is 3. The number of benzene rings is 2. The molecule has 1 N–H and O–H groups in total. The predicted molar refractivity (Wildman–Crippen MR) is 98.7 cm³/mol. The lowest BCUT2D eigenvalue weighted by Crippen LogP contribution is -2.47. The molecule has 1 saturated heterocycles. The first-order chi connectivity index (χ1) is 12.9. The van der Waals surface area contributed by atoms with Crippen LogP contribution >= 0.6 is 0 Å². The van der Waals surface area contributed by atoms with Crippen molar-refractivity contribution in [2.45, 2.75) is 25.8 Å². The number of carbonyl (C=O) groups is 3. The first-order valence-corrected chi connectivity index (χ1v) is 8.89. The van der Waals surface area contributed by atoms with Crippen molar-refractivity contribution in [1.29, 1.82) is 0 Å². The number of Topliss-reactive ketones (excluding diaryl/α,β-unsaturated/α-hetero) is 1. The molecule has 1 spiro atoms. The third kappa shape index (κ3) is 2.68.